The number of nitriles is 1. The summed E-state index contributed by atoms with van der Waals surface area (Å²) in [4.78, 5) is 24.1. The van der Waals surface area contributed by atoms with Gasteiger partial charge in [-0.05, 0) is 68.2 Å². The monoisotopic (exact) mass is 555 g/mol. The first kappa shape index (κ1) is 25.7. The second-order valence-electron chi connectivity index (χ2n) is 11.6. The highest BCUT2D eigenvalue weighted by molar-refractivity contribution is 5.91. The van der Waals surface area contributed by atoms with E-state index in [1.54, 1.807) is 24.3 Å². The minimum Gasteiger partial charge on any atom is -0.477 e. The van der Waals surface area contributed by atoms with Gasteiger partial charge in [-0.25, -0.2) is 19.2 Å². The second kappa shape index (κ2) is 10.00. The van der Waals surface area contributed by atoms with Gasteiger partial charge in [-0.15, -0.1) is 0 Å². The number of nitrogens with one attached hydrogen (secondary N) is 1. The molecule has 1 unspecified atom stereocenters. The average Bonchev–Trinajstić information content (AvgIpc) is 3.30. The van der Waals surface area contributed by atoms with Crippen LogP contribution in [0.5, 0.6) is 5.88 Å². The molecule has 0 amide bonds. The molecule has 0 bridgehead atoms. The van der Waals surface area contributed by atoms with Gasteiger partial charge in [-0.1, -0.05) is 12.1 Å². The number of hydrogen-bond acceptors (Lipinski definition) is 6. The van der Waals surface area contributed by atoms with E-state index in [4.69, 9.17) is 24.7 Å². The number of carboxylic acids is 1. The predicted molar refractivity (Wildman–Crippen MR) is 146 cm³/mol. The number of nitrogens with zero attached hydrogens (tertiary/aromatic N) is 4. The number of pyridine rings is 1. The minimum atomic E-state index is -0.985. The summed E-state index contributed by atoms with van der Waals surface area (Å²) in [6.07, 6.45) is 6.43. The van der Waals surface area contributed by atoms with Gasteiger partial charge in [0.15, 0.2) is 5.65 Å². The van der Waals surface area contributed by atoms with Crippen LogP contribution in [0.15, 0.2) is 42.5 Å². The zero-order valence-electron chi connectivity index (χ0n) is 22.5. The van der Waals surface area contributed by atoms with Crippen molar-refractivity contribution < 1.29 is 23.8 Å². The van der Waals surface area contributed by atoms with Gasteiger partial charge >= 0.3 is 5.97 Å². The fraction of sp³-hybridized carbons (Fsp3) is 0.419. The molecule has 2 aliphatic carbocycles. The first-order chi connectivity index (χ1) is 19.9. The molecule has 3 fully saturated rings. The lowest BCUT2D eigenvalue weighted by Gasteiger charge is -2.30. The second-order valence-corrected chi connectivity index (χ2v) is 11.6. The maximum Gasteiger partial charge on any atom is 0.352 e. The van der Waals surface area contributed by atoms with E-state index >= 15 is 0 Å². The van der Waals surface area contributed by atoms with Crippen LogP contribution in [0, 0.1) is 22.6 Å². The van der Waals surface area contributed by atoms with E-state index in [0.717, 1.165) is 62.2 Å². The molecule has 1 spiro atoms. The third-order valence-corrected chi connectivity index (χ3v) is 9.18. The van der Waals surface area contributed by atoms with Gasteiger partial charge in [0, 0.05) is 35.8 Å². The molecule has 2 atom stereocenters. The molecule has 2 N–H and O–H groups in total. The number of hydrogen-bond donors (Lipinski definition) is 2. The Labute approximate surface area is 235 Å². The Bertz CT molecular complexity index is 1680. The summed E-state index contributed by atoms with van der Waals surface area (Å²) in [5.41, 5.74) is 3.50. The molecule has 4 aromatic rings. The Morgan fingerprint density at radius 1 is 1.22 bits per heavy atom. The number of aromatic nitrogens is 4. The molecule has 4 heterocycles. The molecule has 210 valence electrons. The van der Waals surface area contributed by atoms with Crippen molar-refractivity contribution in [2.75, 3.05) is 6.61 Å². The van der Waals surface area contributed by atoms with Crippen molar-refractivity contribution in [3.05, 3.63) is 76.6 Å². The molecule has 9 nitrogen and oxygen atoms in total. The van der Waals surface area contributed by atoms with E-state index < -0.39 is 11.8 Å². The van der Waals surface area contributed by atoms with Crippen LogP contribution in [0.1, 0.15) is 83.5 Å². The molecule has 1 saturated heterocycles. The number of H-pyrrole nitrogens is 1. The zero-order chi connectivity index (χ0) is 28.1. The van der Waals surface area contributed by atoms with Crippen LogP contribution in [0.25, 0.3) is 11.2 Å². The van der Waals surface area contributed by atoms with Crippen molar-refractivity contribution in [1.29, 1.82) is 5.26 Å². The van der Waals surface area contributed by atoms with Crippen LogP contribution in [-0.4, -0.2) is 43.3 Å². The highest BCUT2D eigenvalue weighted by atomic mass is 19.1. The van der Waals surface area contributed by atoms with Crippen molar-refractivity contribution in [2.24, 2.45) is 5.41 Å². The number of rotatable bonds is 8. The third-order valence-electron chi connectivity index (χ3n) is 9.18. The summed E-state index contributed by atoms with van der Waals surface area (Å²) >= 11 is 0. The maximum absolute atomic E-state index is 14.3. The summed E-state index contributed by atoms with van der Waals surface area (Å²) in [6.45, 7) is 1.51. The Kier molecular flexibility index (Phi) is 6.27. The van der Waals surface area contributed by atoms with E-state index in [1.165, 1.54) is 6.07 Å². The summed E-state index contributed by atoms with van der Waals surface area (Å²) in [5, 5.41) is 18.4. The van der Waals surface area contributed by atoms with Gasteiger partial charge in [-0.3, -0.25) is 0 Å². The molecular formula is C31H30FN5O4. The van der Waals surface area contributed by atoms with Crippen LogP contribution in [0.3, 0.4) is 0 Å². The predicted octanol–water partition coefficient (Wildman–Crippen LogP) is 5.67. The highest BCUT2D eigenvalue weighted by Crippen LogP contribution is 2.67. The number of imidazole rings is 1. The molecule has 41 heavy (non-hydrogen) atoms. The number of benzene rings is 1. The quantitative estimate of drug-likeness (QED) is 0.287. The SMILES string of the molecule is N#Cc1ccc(COc2cccc(C3CCC4(CC3)CC4c3nc4[nH]c(C(=O)O)cc4n3C[C@@H]3CCO3)n2)c(F)c1. The molecule has 3 aromatic heterocycles. The number of aromatic amines is 1. The zero-order valence-corrected chi connectivity index (χ0v) is 22.5. The van der Waals surface area contributed by atoms with Gasteiger partial charge in [0.1, 0.15) is 23.9 Å². The van der Waals surface area contributed by atoms with E-state index in [-0.39, 0.29) is 29.4 Å². The van der Waals surface area contributed by atoms with E-state index in [0.29, 0.717) is 35.5 Å². The lowest BCUT2D eigenvalue weighted by molar-refractivity contribution is -0.0590. The van der Waals surface area contributed by atoms with Crippen molar-refractivity contribution >= 4 is 17.1 Å². The molecule has 1 aromatic carbocycles. The summed E-state index contributed by atoms with van der Waals surface area (Å²) in [7, 11) is 0. The Morgan fingerprint density at radius 3 is 2.76 bits per heavy atom. The molecule has 2 saturated carbocycles. The number of aromatic carboxylic acids is 1. The summed E-state index contributed by atoms with van der Waals surface area (Å²) in [5.74, 6) is 0.738. The van der Waals surface area contributed by atoms with Crippen LogP contribution < -0.4 is 4.74 Å². The van der Waals surface area contributed by atoms with Crippen molar-refractivity contribution in [2.45, 2.75) is 69.6 Å². The Hall–Kier alpha value is -4.23. The molecular weight excluding hydrogens is 525 g/mol. The lowest BCUT2D eigenvalue weighted by atomic mass is 9.77. The molecule has 7 rings (SSSR count). The largest absolute Gasteiger partial charge is 0.477 e. The van der Waals surface area contributed by atoms with Gasteiger partial charge in [0.2, 0.25) is 5.88 Å². The Balaban J connectivity index is 1.02. The Morgan fingerprint density at radius 2 is 2.05 bits per heavy atom. The van der Waals surface area contributed by atoms with Crippen LogP contribution in [0.2, 0.25) is 0 Å². The minimum absolute atomic E-state index is 0.0456. The van der Waals surface area contributed by atoms with Crippen LogP contribution >= 0.6 is 0 Å². The smallest absolute Gasteiger partial charge is 0.352 e. The first-order valence-electron chi connectivity index (χ1n) is 14.1. The first-order valence-corrected chi connectivity index (χ1v) is 14.1. The number of halogens is 1. The van der Waals surface area contributed by atoms with Gasteiger partial charge in [0.25, 0.3) is 0 Å². The summed E-state index contributed by atoms with van der Waals surface area (Å²) in [6, 6.07) is 13.8. The lowest BCUT2D eigenvalue weighted by Crippen LogP contribution is -2.31. The number of fused-ring (bicyclic) bond motifs is 1. The van der Waals surface area contributed by atoms with E-state index in [1.807, 2.05) is 18.2 Å². The van der Waals surface area contributed by atoms with Crippen molar-refractivity contribution in [3.8, 4) is 11.9 Å². The van der Waals surface area contributed by atoms with Gasteiger partial charge in [0.05, 0.1) is 29.8 Å². The summed E-state index contributed by atoms with van der Waals surface area (Å²) < 4.78 is 28.0. The van der Waals surface area contributed by atoms with Gasteiger partial charge in [-0.2, -0.15) is 5.26 Å². The highest BCUT2D eigenvalue weighted by Gasteiger charge is 2.57. The molecule has 1 aliphatic heterocycles. The fourth-order valence-corrected chi connectivity index (χ4v) is 6.61. The number of ether oxygens (including phenoxy) is 2. The molecule has 10 heteroatoms. The topological polar surface area (TPSA) is 126 Å². The average molecular weight is 556 g/mol. The number of carboxylic acid groups (broad SMARTS) is 1. The standard InChI is InChI=1S/C31H30FN5O4/c32-23-12-18(15-33)4-5-20(23)17-41-27-3-1-2-24(34-27)19-6-9-31(10-7-19)14-22(31)29-36-28-26(13-25(35-28)30(38)39)37(29)16-21-8-11-40-21/h1-5,12-13,19,21-22,35H,6-11,14,16-17H2,(H,38,39)/t19?,21-,22?,31?/m0/s1. The van der Waals surface area contributed by atoms with E-state index in [9.17, 15) is 14.3 Å². The normalized spacial score (nSPS) is 25.1. The number of carbonyl (C=O) groups is 1. The molecule has 3 aliphatic rings. The van der Waals surface area contributed by atoms with Gasteiger partial charge < -0.3 is 24.1 Å². The van der Waals surface area contributed by atoms with Crippen molar-refractivity contribution in [1.82, 2.24) is 19.5 Å². The van der Waals surface area contributed by atoms with Crippen LogP contribution in [-0.2, 0) is 17.9 Å². The maximum atomic E-state index is 14.3. The van der Waals surface area contributed by atoms with Crippen molar-refractivity contribution in [3.63, 3.8) is 0 Å². The van der Waals surface area contributed by atoms with Crippen LogP contribution in [0.4, 0.5) is 4.39 Å². The molecule has 0 radical (unpaired) electrons. The van der Waals surface area contributed by atoms with E-state index in [2.05, 4.69) is 9.55 Å². The fourth-order valence-electron chi connectivity index (χ4n) is 6.61. The third kappa shape index (κ3) is 4.74.